The lowest BCUT2D eigenvalue weighted by Gasteiger charge is -2.24. The average molecular weight is 627 g/mol. The summed E-state index contributed by atoms with van der Waals surface area (Å²) < 4.78 is 44.5. The number of aryl methyl sites for hydroxylation is 1. The van der Waals surface area contributed by atoms with Crippen molar-refractivity contribution in [3.8, 4) is 16.9 Å². The fourth-order valence-electron chi connectivity index (χ4n) is 5.42. The van der Waals surface area contributed by atoms with Crippen molar-refractivity contribution in [3.63, 3.8) is 0 Å². The number of anilines is 1. The average Bonchev–Trinajstić information content (AvgIpc) is 3.35. The van der Waals surface area contributed by atoms with Crippen LogP contribution in [0.3, 0.4) is 0 Å². The Labute approximate surface area is 262 Å². The van der Waals surface area contributed by atoms with E-state index in [1.54, 1.807) is 16.8 Å². The first-order valence-corrected chi connectivity index (χ1v) is 15.4. The number of aromatic nitrogens is 2. The lowest BCUT2D eigenvalue weighted by molar-refractivity contribution is -0.123. The van der Waals surface area contributed by atoms with Gasteiger partial charge in [-0.3, -0.25) is 14.5 Å². The van der Waals surface area contributed by atoms with Crippen molar-refractivity contribution in [1.82, 2.24) is 15.1 Å². The Balaban J connectivity index is 1.54. The molecule has 0 fully saturated rings. The molecule has 5 aromatic rings. The van der Waals surface area contributed by atoms with Gasteiger partial charge in [-0.25, -0.2) is 17.9 Å². The van der Waals surface area contributed by atoms with Crippen LogP contribution in [0.15, 0.2) is 91.0 Å². The van der Waals surface area contributed by atoms with Crippen molar-refractivity contribution in [2.75, 3.05) is 17.2 Å². The van der Waals surface area contributed by atoms with Crippen LogP contribution in [-0.2, 0) is 16.1 Å². The number of rotatable bonds is 7. The molecule has 4 aromatic carbocycles. The second kappa shape index (κ2) is 12.6. The van der Waals surface area contributed by atoms with E-state index in [0.29, 0.717) is 28.3 Å². The molecule has 228 valence electrons. The van der Waals surface area contributed by atoms with Crippen molar-refractivity contribution in [3.05, 3.63) is 136 Å². The number of amides is 2. The predicted octanol–water partition coefficient (Wildman–Crippen LogP) is 7.06. The number of carbonyl (C=O) groups is 2. The van der Waals surface area contributed by atoms with Crippen LogP contribution < -0.4 is 10.2 Å². The second-order valence-corrected chi connectivity index (χ2v) is 11.9. The summed E-state index contributed by atoms with van der Waals surface area (Å²) in [5.74, 6) is -2.37. The summed E-state index contributed by atoms with van der Waals surface area (Å²) in [7, 11) is 0. The van der Waals surface area contributed by atoms with Gasteiger partial charge in [0, 0.05) is 29.3 Å². The highest BCUT2D eigenvalue weighted by molar-refractivity contribution is 8.00. The number of carbonyl (C=O) groups excluding carboxylic acids is 2. The third-order valence-corrected chi connectivity index (χ3v) is 9.13. The van der Waals surface area contributed by atoms with Gasteiger partial charge in [-0.05, 0) is 54.8 Å². The number of nitrogens with zero attached hydrogens (tertiary/aromatic N) is 3. The first-order valence-electron chi connectivity index (χ1n) is 14.3. The Morgan fingerprint density at radius 3 is 2.40 bits per heavy atom. The van der Waals surface area contributed by atoms with Crippen LogP contribution in [0.2, 0.25) is 0 Å². The highest BCUT2D eigenvalue weighted by atomic mass is 32.2. The van der Waals surface area contributed by atoms with E-state index in [0.717, 1.165) is 22.8 Å². The molecular formula is C35H29F3N4O2S. The van der Waals surface area contributed by atoms with Crippen LogP contribution >= 0.6 is 11.8 Å². The zero-order valence-electron chi connectivity index (χ0n) is 24.6. The quantitative estimate of drug-likeness (QED) is 0.210. The number of nitrogens with one attached hydrogen (secondary N) is 1. The van der Waals surface area contributed by atoms with E-state index in [4.69, 9.17) is 5.10 Å². The first kappa shape index (κ1) is 30.2. The minimum absolute atomic E-state index is 0.0670. The molecule has 0 spiro atoms. The number of hydrogen-bond donors (Lipinski definition) is 1. The summed E-state index contributed by atoms with van der Waals surface area (Å²) in [6.45, 7) is 3.72. The SMILES string of the molecule is Cc1cccc(-n2nc(-c3ccccc3)c3c2N(CC(=O)NCc2ccc(F)cc2)C(=O)CSC3c2ccc(F)cc2F)c1C. The molecule has 6 rings (SSSR count). The van der Waals surface area contributed by atoms with Gasteiger partial charge < -0.3 is 5.32 Å². The summed E-state index contributed by atoms with van der Waals surface area (Å²) in [4.78, 5) is 28.7. The predicted molar refractivity (Wildman–Crippen MR) is 170 cm³/mol. The third-order valence-electron chi connectivity index (χ3n) is 7.89. The van der Waals surface area contributed by atoms with Crippen LogP contribution in [0.4, 0.5) is 19.0 Å². The van der Waals surface area contributed by atoms with Crippen molar-refractivity contribution in [1.29, 1.82) is 0 Å². The van der Waals surface area contributed by atoms with E-state index >= 15 is 4.39 Å². The maximum absolute atomic E-state index is 15.5. The zero-order valence-corrected chi connectivity index (χ0v) is 25.4. The number of thioether (sulfide) groups is 1. The maximum Gasteiger partial charge on any atom is 0.240 e. The van der Waals surface area contributed by atoms with Gasteiger partial charge in [0.15, 0.2) is 0 Å². The number of halogens is 3. The zero-order chi connectivity index (χ0) is 31.7. The molecule has 1 atom stereocenters. The second-order valence-electron chi connectivity index (χ2n) is 10.8. The van der Waals surface area contributed by atoms with Gasteiger partial charge in [0.2, 0.25) is 11.8 Å². The molecule has 0 radical (unpaired) electrons. The summed E-state index contributed by atoms with van der Waals surface area (Å²) in [5, 5.41) is 7.11. The monoisotopic (exact) mass is 626 g/mol. The van der Waals surface area contributed by atoms with Gasteiger partial charge in [0.25, 0.3) is 0 Å². The molecular weight excluding hydrogens is 597 g/mol. The van der Waals surface area contributed by atoms with E-state index < -0.39 is 22.8 Å². The Morgan fingerprint density at radius 2 is 1.67 bits per heavy atom. The molecule has 0 saturated carbocycles. The molecule has 10 heteroatoms. The largest absolute Gasteiger partial charge is 0.350 e. The van der Waals surface area contributed by atoms with Crippen LogP contribution in [-0.4, -0.2) is 33.9 Å². The highest BCUT2D eigenvalue weighted by Crippen LogP contribution is 2.49. The lowest BCUT2D eigenvalue weighted by atomic mass is 9.99. The van der Waals surface area contributed by atoms with E-state index in [1.807, 2.05) is 62.4 Å². The third kappa shape index (κ3) is 6.10. The summed E-state index contributed by atoms with van der Waals surface area (Å²) >= 11 is 1.20. The van der Waals surface area contributed by atoms with Crippen LogP contribution in [0.1, 0.15) is 33.1 Å². The number of fused-ring (bicyclic) bond motifs is 1. The van der Waals surface area contributed by atoms with Crippen LogP contribution in [0.25, 0.3) is 16.9 Å². The normalized spacial score (nSPS) is 14.6. The molecule has 2 amide bonds. The van der Waals surface area contributed by atoms with Crippen LogP contribution in [0.5, 0.6) is 0 Å². The van der Waals surface area contributed by atoms with Crippen LogP contribution in [0, 0.1) is 31.3 Å². The smallest absolute Gasteiger partial charge is 0.240 e. The minimum Gasteiger partial charge on any atom is -0.350 e. The van der Waals surface area contributed by atoms with E-state index in [9.17, 15) is 18.4 Å². The summed E-state index contributed by atoms with van der Waals surface area (Å²) in [6.07, 6.45) is 0. The molecule has 1 aliphatic heterocycles. The van der Waals surface area contributed by atoms with Gasteiger partial charge in [-0.2, -0.15) is 5.10 Å². The van der Waals surface area contributed by atoms with E-state index in [1.165, 1.54) is 40.9 Å². The Hall–Kier alpha value is -4.83. The van der Waals surface area contributed by atoms with Gasteiger partial charge in [0.1, 0.15) is 29.8 Å². The molecule has 6 nitrogen and oxygen atoms in total. The molecule has 1 unspecified atom stereocenters. The molecule has 0 saturated heterocycles. The Morgan fingerprint density at radius 1 is 0.933 bits per heavy atom. The topological polar surface area (TPSA) is 67.2 Å². The highest BCUT2D eigenvalue weighted by Gasteiger charge is 2.38. The summed E-state index contributed by atoms with van der Waals surface area (Å²) in [5.41, 5.74) is 5.30. The van der Waals surface area contributed by atoms with E-state index in [-0.39, 0.29) is 36.1 Å². The van der Waals surface area contributed by atoms with E-state index in [2.05, 4.69) is 5.32 Å². The number of benzene rings is 4. The van der Waals surface area contributed by atoms with Crippen molar-refractivity contribution >= 4 is 29.4 Å². The fraction of sp³-hybridized carbons (Fsp3) is 0.171. The Kier molecular flexibility index (Phi) is 8.49. The summed E-state index contributed by atoms with van der Waals surface area (Å²) in [6, 6.07) is 24.3. The number of hydrogen-bond acceptors (Lipinski definition) is 4. The molecule has 0 bridgehead atoms. The fourth-order valence-corrected chi connectivity index (χ4v) is 6.64. The van der Waals surface area contributed by atoms with Crippen molar-refractivity contribution in [2.45, 2.75) is 25.6 Å². The Bertz CT molecular complexity index is 1890. The lowest BCUT2D eigenvalue weighted by Crippen LogP contribution is -2.42. The first-order chi connectivity index (χ1) is 21.7. The molecule has 1 N–H and O–H groups in total. The maximum atomic E-state index is 15.5. The molecule has 2 heterocycles. The van der Waals surface area contributed by atoms with Gasteiger partial charge in [-0.15, -0.1) is 11.8 Å². The molecule has 1 aromatic heterocycles. The van der Waals surface area contributed by atoms with Gasteiger partial charge >= 0.3 is 0 Å². The van der Waals surface area contributed by atoms with Gasteiger partial charge in [-0.1, -0.05) is 60.7 Å². The molecule has 0 aliphatic carbocycles. The van der Waals surface area contributed by atoms with Crippen molar-refractivity contribution < 1.29 is 22.8 Å². The standard InChI is InChI=1S/C35H29F3N4O2S/c1-21-7-6-10-29(22(21)2)42-35-32(33(40-42)24-8-4-3-5-9-24)34(27-16-15-26(37)17-28(27)38)45-20-31(44)41(35)19-30(43)39-18-23-11-13-25(36)14-12-23/h3-17,34H,18-20H2,1-2H3,(H,39,43). The minimum atomic E-state index is -0.745. The van der Waals surface area contributed by atoms with Gasteiger partial charge in [0.05, 0.1) is 22.4 Å². The molecule has 45 heavy (non-hydrogen) atoms. The van der Waals surface area contributed by atoms with Crippen molar-refractivity contribution in [2.24, 2.45) is 0 Å². The molecule has 1 aliphatic rings.